The maximum atomic E-state index is 12.6. The maximum absolute atomic E-state index is 12.6. The number of anilines is 1. The number of carbonyl (C=O) groups excluding carboxylic acids is 1. The van der Waals surface area contributed by atoms with E-state index >= 15 is 0 Å². The highest BCUT2D eigenvalue weighted by atomic mass is 16.6. The van der Waals surface area contributed by atoms with E-state index < -0.39 is 11.7 Å². The minimum atomic E-state index is -0.718. The Kier molecular flexibility index (Phi) is 6.74. The van der Waals surface area contributed by atoms with Gasteiger partial charge >= 0.3 is 6.09 Å². The molecule has 4 rings (SSSR count). The molecule has 0 fully saturated rings. The van der Waals surface area contributed by atoms with Gasteiger partial charge in [0.2, 0.25) is 5.95 Å². The third-order valence-corrected chi connectivity index (χ3v) is 4.98. The molecule has 0 bridgehead atoms. The number of ether oxygens (including phenoxy) is 3. The Bertz CT molecular complexity index is 1450. The highest BCUT2D eigenvalue weighted by molar-refractivity contribution is 5.89. The van der Waals surface area contributed by atoms with Gasteiger partial charge in [-0.3, -0.25) is 9.88 Å². The van der Waals surface area contributed by atoms with Gasteiger partial charge in [-0.05, 0) is 64.1 Å². The number of fused-ring (bicyclic) bond motifs is 1. The van der Waals surface area contributed by atoms with Crippen LogP contribution in [-0.4, -0.2) is 44.9 Å². The van der Waals surface area contributed by atoms with Crippen molar-refractivity contribution in [3.05, 3.63) is 54.2 Å². The number of carbonyl (C=O) groups is 1. The van der Waals surface area contributed by atoms with Crippen LogP contribution in [0.2, 0.25) is 0 Å². The summed E-state index contributed by atoms with van der Waals surface area (Å²) in [6.07, 6.45) is -0.702. The van der Waals surface area contributed by atoms with Gasteiger partial charge in [-0.25, -0.2) is 19.7 Å². The van der Waals surface area contributed by atoms with Crippen LogP contribution in [-0.2, 0) is 4.74 Å². The highest BCUT2D eigenvalue weighted by Crippen LogP contribution is 2.32. The lowest BCUT2D eigenvalue weighted by Gasteiger charge is -2.20. The largest absolute Gasteiger partial charge is 0.495 e. The van der Waals surface area contributed by atoms with Crippen LogP contribution >= 0.6 is 0 Å². The van der Waals surface area contributed by atoms with Gasteiger partial charge in [0, 0.05) is 5.56 Å². The summed E-state index contributed by atoms with van der Waals surface area (Å²) < 4.78 is 18.1. The molecule has 1 amide bonds. The van der Waals surface area contributed by atoms with Gasteiger partial charge < -0.3 is 14.2 Å². The zero-order valence-electron chi connectivity index (χ0n) is 20.7. The summed E-state index contributed by atoms with van der Waals surface area (Å²) in [6, 6.07) is 16.6. The minimum Gasteiger partial charge on any atom is -0.495 e. The van der Waals surface area contributed by atoms with Gasteiger partial charge in [0.1, 0.15) is 28.7 Å². The zero-order chi connectivity index (χ0) is 25.9. The van der Waals surface area contributed by atoms with Crippen molar-refractivity contribution in [2.75, 3.05) is 19.0 Å². The molecule has 0 saturated carbocycles. The first kappa shape index (κ1) is 24.5. The van der Waals surface area contributed by atoms with Gasteiger partial charge in [-0.1, -0.05) is 12.1 Å². The summed E-state index contributed by atoms with van der Waals surface area (Å²) in [5, 5.41) is 12.6. The molecule has 1 N–H and O–H groups in total. The molecule has 184 valence electrons. The Hall–Kier alpha value is -4.65. The van der Waals surface area contributed by atoms with E-state index in [1.54, 1.807) is 44.6 Å². The molecule has 2 heterocycles. The number of nitrogens with one attached hydrogen (secondary N) is 1. The normalized spacial score (nSPS) is 11.1. The quantitative estimate of drug-likeness (QED) is 0.399. The standard InChI is InChI=1S/C26H26N6O4/c1-6-35-17-13-11-16(12-14-17)22-28-18(15-27)21-23(30-22)32(19-9-7-8-10-20(19)34-5)24(29-21)31-25(33)36-26(2,3)4/h7-14H,6H2,1-5H3,(H,29,31,33). The molecular weight excluding hydrogens is 460 g/mol. The van der Waals surface area contributed by atoms with Crippen LogP contribution < -0.4 is 14.8 Å². The van der Waals surface area contributed by atoms with Crippen LogP contribution in [0.3, 0.4) is 0 Å². The second kappa shape index (κ2) is 9.92. The van der Waals surface area contributed by atoms with Crippen molar-refractivity contribution in [2.24, 2.45) is 0 Å². The lowest BCUT2D eigenvalue weighted by Crippen LogP contribution is -2.28. The van der Waals surface area contributed by atoms with Crippen LogP contribution in [0, 0.1) is 11.3 Å². The second-order valence-electron chi connectivity index (χ2n) is 8.71. The van der Waals surface area contributed by atoms with Gasteiger partial charge in [0.05, 0.1) is 19.4 Å². The first-order valence-corrected chi connectivity index (χ1v) is 11.3. The summed E-state index contributed by atoms with van der Waals surface area (Å²) in [5.74, 6) is 1.66. The van der Waals surface area contributed by atoms with Gasteiger partial charge in [0.25, 0.3) is 0 Å². The predicted molar refractivity (Wildman–Crippen MR) is 134 cm³/mol. The van der Waals surface area contributed by atoms with Crippen molar-refractivity contribution >= 4 is 23.2 Å². The summed E-state index contributed by atoms with van der Waals surface area (Å²) in [4.78, 5) is 26.3. The van der Waals surface area contributed by atoms with Gasteiger partial charge in [0.15, 0.2) is 17.2 Å². The first-order valence-electron chi connectivity index (χ1n) is 11.3. The van der Waals surface area contributed by atoms with Crippen LogP contribution in [0.15, 0.2) is 48.5 Å². The van der Waals surface area contributed by atoms with Crippen LogP contribution in [0.5, 0.6) is 11.5 Å². The lowest BCUT2D eigenvalue weighted by atomic mass is 10.2. The third-order valence-electron chi connectivity index (χ3n) is 4.98. The van der Waals surface area contributed by atoms with Crippen LogP contribution in [0.25, 0.3) is 28.2 Å². The number of methoxy groups -OCH3 is 1. The Balaban J connectivity index is 1.94. The van der Waals surface area contributed by atoms with E-state index in [1.165, 1.54) is 0 Å². The fourth-order valence-corrected chi connectivity index (χ4v) is 3.55. The summed E-state index contributed by atoms with van der Waals surface area (Å²) in [7, 11) is 1.54. The molecular formula is C26H26N6O4. The van der Waals surface area contributed by atoms with Gasteiger partial charge in [-0.2, -0.15) is 5.26 Å². The number of benzene rings is 2. The molecule has 36 heavy (non-hydrogen) atoms. The summed E-state index contributed by atoms with van der Waals surface area (Å²) in [5.41, 5.74) is 1.14. The average Bonchev–Trinajstić information content (AvgIpc) is 3.20. The van der Waals surface area contributed by atoms with Crippen molar-refractivity contribution in [1.82, 2.24) is 19.5 Å². The molecule has 0 spiro atoms. The molecule has 0 aliphatic rings. The number of hydrogen-bond acceptors (Lipinski definition) is 8. The molecule has 0 aliphatic carbocycles. The molecule has 0 saturated heterocycles. The number of imidazole rings is 1. The van der Waals surface area contributed by atoms with Crippen LogP contribution in [0.4, 0.5) is 10.7 Å². The van der Waals surface area contributed by atoms with E-state index in [9.17, 15) is 10.1 Å². The van der Waals surface area contributed by atoms with Crippen molar-refractivity contribution in [3.8, 4) is 34.6 Å². The molecule has 0 aliphatic heterocycles. The van der Waals surface area contributed by atoms with E-state index in [1.807, 2.05) is 43.3 Å². The number of hydrogen-bond donors (Lipinski definition) is 1. The fraction of sp³-hybridized carbons (Fsp3) is 0.269. The Morgan fingerprint density at radius 2 is 1.81 bits per heavy atom. The second-order valence-corrected chi connectivity index (χ2v) is 8.71. The Morgan fingerprint density at radius 1 is 1.08 bits per heavy atom. The van der Waals surface area contributed by atoms with Crippen molar-refractivity contribution in [3.63, 3.8) is 0 Å². The molecule has 10 nitrogen and oxygen atoms in total. The van der Waals surface area contributed by atoms with Gasteiger partial charge in [-0.15, -0.1) is 0 Å². The molecule has 10 heteroatoms. The summed E-state index contributed by atoms with van der Waals surface area (Å²) in [6.45, 7) is 7.74. The molecule has 0 atom stereocenters. The van der Waals surface area contributed by atoms with Crippen molar-refractivity contribution in [2.45, 2.75) is 33.3 Å². The zero-order valence-corrected chi connectivity index (χ0v) is 20.7. The summed E-state index contributed by atoms with van der Waals surface area (Å²) >= 11 is 0. The number of nitriles is 1. The van der Waals surface area contributed by atoms with E-state index in [-0.39, 0.29) is 17.2 Å². The van der Waals surface area contributed by atoms with Crippen molar-refractivity contribution in [1.29, 1.82) is 5.26 Å². The average molecular weight is 487 g/mol. The molecule has 0 unspecified atom stereocenters. The highest BCUT2D eigenvalue weighted by Gasteiger charge is 2.24. The Morgan fingerprint density at radius 3 is 2.44 bits per heavy atom. The van der Waals surface area contributed by atoms with Crippen molar-refractivity contribution < 1.29 is 19.0 Å². The molecule has 4 aromatic rings. The smallest absolute Gasteiger partial charge is 0.414 e. The predicted octanol–water partition coefficient (Wildman–Crippen LogP) is 5.11. The molecule has 2 aromatic carbocycles. The topological polar surface area (TPSA) is 124 Å². The molecule has 2 aromatic heterocycles. The number of amides is 1. The van der Waals surface area contributed by atoms with Crippen LogP contribution in [0.1, 0.15) is 33.4 Å². The first-order chi connectivity index (χ1) is 17.2. The van der Waals surface area contributed by atoms with E-state index in [2.05, 4.69) is 21.4 Å². The number of rotatable bonds is 6. The van der Waals surface area contributed by atoms with E-state index in [0.717, 1.165) is 0 Å². The fourth-order valence-electron chi connectivity index (χ4n) is 3.55. The minimum absolute atomic E-state index is 0.0600. The number of nitrogens with zero attached hydrogens (tertiary/aromatic N) is 5. The maximum Gasteiger partial charge on any atom is 0.414 e. The SMILES string of the molecule is CCOc1ccc(-c2nc(C#N)c3nc(NC(=O)OC(C)(C)C)n(-c4ccccc4OC)c3n2)cc1. The molecule has 0 radical (unpaired) electrons. The van der Waals surface area contributed by atoms with E-state index in [4.69, 9.17) is 19.2 Å². The Labute approximate surface area is 208 Å². The lowest BCUT2D eigenvalue weighted by molar-refractivity contribution is 0.0634. The number of aromatic nitrogens is 4. The third kappa shape index (κ3) is 5.05. The number of para-hydroxylation sites is 2. The van der Waals surface area contributed by atoms with E-state index in [0.29, 0.717) is 40.8 Å². The monoisotopic (exact) mass is 486 g/mol.